The highest BCUT2D eigenvalue weighted by atomic mass is 19.4. The Labute approximate surface area is 155 Å². The number of hydrogen-bond donors (Lipinski definition) is 0. The molecule has 2 saturated carbocycles. The van der Waals surface area contributed by atoms with E-state index in [1.807, 2.05) is 6.08 Å². The van der Waals surface area contributed by atoms with Gasteiger partial charge in [0.2, 0.25) is 0 Å². The van der Waals surface area contributed by atoms with Crippen LogP contribution in [0.2, 0.25) is 0 Å². The van der Waals surface area contributed by atoms with Crippen LogP contribution in [0.15, 0.2) is 23.3 Å². The van der Waals surface area contributed by atoms with Gasteiger partial charge in [0.15, 0.2) is 0 Å². The van der Waals surface area contributed by atoms with E-state index in [4.69, 9.17) is 5.26 Å². The molecule has 0 aromatic rings. The fourth-order valence-electron chi connectivity index (χ4n) is 6.68. The van der Waals surface area contributed by atoms with Crippen LogP contribution >= 0.6 is 0 Å². The zero-order chi connectivity index (χ0) is 19.2. The molecule has 0 heterocycles. The van der Waals surface area contributed by atoms with Crippen molar-refractivity contribution >= 4 is 0 Å². The number of nitriles is 1. The van der Waals surface area contributed by atoms with Gasteiger partial charge in [0.05, 0.1) is 12.5 Å². The average molecular weight is 365 g/mol. The molecule has 4 heteroatoms. The summed E-state index contributed by atoms with van der Waals surface area (Å²) in [7, 11) is 0. The molecule has 3 rings (SSSR count). The van der Waals surface area contributed by atoms with E-state index in [2.05, 4.69) is 26.8 Å². The third kappa shape index (κ3) is 3.12. The lowest BCUT2D eigenvalue weighted by molar-refractivity contribution is -0.133. The quantitative estimate of drug-likeness (QED) is 0.391. The Morgan fingerprint density at radius 1 is 1.27 bits per heavy atom. The molecule has 26 heavy (non-hydrogen) atoms. The van der Waals surface area contributed by atoms with Crippen LogP contribution in [0, 0.1) is 39.9 Å². The summed E-state index contributed by atoms with van der Waals surface area (Å²) in [5.41, 5.74) is 1.63. The van der Waals surface area contributed by atoms with Gasteiger partial charge in [-0.05, 0) is 67.1 Å². The molecule has 0 bridgehead atoms. The van der Waals surface area contributed by atoms with E-state index in [0.717, 1.165) is 44.9 Å². The average Bonchev–Trinajstić information content (AvgIpc) is 2.87. The van der Waals surface area contributed by atoms with Gasteiger partial charge in [-0.1, -0.05) is 44.4 Å². The smallest absolute Gasteiger partial charge is 0.193 e. The first-order valence-electron chi connectivity index (χ1n) is 10.0. The minimum atomic E-state index is -4.13. The van der Waals surface area contributed by atoms with E-state index >= 15 is 0 Å². The fourth-order valence-corrected chi connectivity index (χ4v) is 6.68. The third-order valence-electron chi connectivity index (χ3n) is 7.87. The predicted molar refractivity (Wildman–Crippen MR) is 97.1 cm³/mol. The summed E-state index contributed by atoms with van der Waals surface area (Å²) in [4.78, 5) is 0. The molecule has 1 nitrogen and oxygen atoms in total. The number of allylic oxidation sites excluding steroid dienone is 4. The molecule has 0 saturated heterocycles. The molecule has 0 radical (unpaired) electrons. The predicted octanol–water partition coefficient (Wildman–Crippen LogP) is 6.97. The number of fused-ring (bicyclic) bond motifs is 3. The Bertz CT molecular complexity index is 653. The Morgan fingerprint density at radius 3 is 2.62 bits per heavy atom. The minimum Gasteiger partial charge on any atom is -0.193 e. The van der Waals surface area contributed by atoms with Gasteiger partial charge in [-0.3, -0.25) is 0 Å². The molecular weight excluding hydrogens is 335 g/mol. The zero-order valence-electron chi connectivity index (χ0n) is 16.1. The van der Waals surface area contributed by atoms with E-state index in [1.54, 1.807) is 6.08 Å². The second kappa shape index (κ2) is 6.73. The molecule has 144 valence electrons. The molecule has 0 spiro atoms. The maximum atomic E-state index is 13.2. The van der Waals surface area contributed by atoms with Gasteiger partial charge in [0, 0.05) is 6.08 Å². The van der Waals surface area contributed by atoms with Crippen molar-refractivity contribution in [2.24, 2.45) is 28.6 Å². The summed E-state index contributed by atoms with van der Waals surface area (Å²) < 4.78 is 39.5. The van der Waals surface area contributed by atoms with Gasteiger partial charge >= 0.3 is 6.18 Å². The lowest BCUT2D eigenvalue weighted by atomic mass is 9.49. The van der Waals surface area contributed by atoms with Crippen molar-refractivity contribution in [2.45, 2.75) is 78.3 Å². The Hall–Kier alpha value is -1.24. The molecule has 5 atom stereocenters. The normalized spacial score (nSPS) is 41.3. The highest BCUT2D eigenvalue weighted by Crippen LogP contribution is 2.65. The van der Waals surface area contributed by atoms with Crippen LogP contribution in [0.3, 0.4) is 0 Å². The summed E-state index contributed by atoms with van der Waals surface area (Å²) >= 11 is 0. The molecule has 2 fully saturated rings. The third-order valence-corrected chi connectivity index (χ3v) is 7.87. The van der Waals surface area contributed by atoms with Crippen LogP contribution in [0.25, 0.3) is 0 Å². The van der Waals surface area contributed by atoms with E-state index in [9.17, 15) is 13.2 Å². The van der Waals surface area contributed by atoms with E-state index in [1.165, 1.54) is 5.57 Å². The number of hydrogen-bond acceptors (Lipinski definition) is 1. The van der Waals surface area contributed by atoms with E-state index < -0.39 is 12.6 Å². The zero-order valence-corrected chi connectivity index (χ0v) is 16.1. The van der Waals surface area contributed by atoms with Crippen molar-refractivity contribution < 1.29 is 13.2 Å². The second-order valence-electron chi connectivity index (χ2n) is 9.09. The molecular formula is C22H30F3N. The van der Waals surface area contributed by atoms with Gasteiger partial charge < -0.3 is 0 Å². The molecule has 3 unspecified atom stereocenters. The first-order valence-corrected chi connectivity index (χ1v) is 10.0. The summed E-state index contributed by atoms with van der Waals surface area (Å²) in [5.74, 6) is 1.29. The number of rotatable bonds is 3. The monoisotopic (exact) mass is 365 g/mol. The molecule has 0 aromatic heterocycles. The topological polar surface area (TPSA) is 23.8 Å². The van der Waals surface area contributed by atoms with Crippen LogP contribution in [0.5, 0.6) is 0 Å². The lowest BCUT2D eigenvalue weighted by Crippen LogP contribution is -2.48. The van der Waals surface area contributed by atoms with Crippen molar-refractivity contribution in [3.8, 4) is 6.07 Å². The Balaban J connectivity index is 1.95. The van der Waals surface area contributed by atoms with E-state index in [0.29, 0.717) is 23.3 Å². The van der Waals surface area contributed by atoms with Crippen molar-refractivity contribution in [2.75, 3.05) is 0 Å². The van der Waals surface area contributed by atoms with Crippen LogP contribution in [-0.4, -0.2) is 6.18 Å². The van der Waals surface area contributed by atoms with Crippen LogP contribution < -0.4 is 0 Å². The van der Waals surface area contributed by atoms with E-state index in [-0.39, 0.29) is 10.8 Å². The summed E-state index contributed by atoms with van der Waals surface area (Å²) in [5, 5.41) is 9.12. The lowest BCUT2D eigenvalue weighted by Gasteiger charge is -2.56. The highest BCUT2D eigenvalue weighted by molar-refractivity contribution is 5.30. The van der Waals surface area contributed by atoms with Crippen LogP contribution in [0.4, 0.5) is 13.2 Å². The second-order valence-corrected chi connectivity index (χ2v) is 9.09. The van der Waals surface area contributed by atoms with Crippen molar-refractivity contribution in [3.63, 3.8) is 0 Å². The Kier molecular flexibility index (Phi) is 5.05. The maximum Gasteiger partial charge on any atom is 0.392 e. The van der Waals surface area contributed by atoms with Gasteiger partial charge in [0.1, 0.15) is 0 Å². The molecule has 0 N–H and O–H groups in total. The van der Waals surface area contributed by atoms with Gasteiger partial charge in [-0.25, -0.2) is 0 Å². The first-order chi connectivity index (χ1) is 12.2. The number of halogens is 3. The molecule has 0 aromatic carbocycles. The van der Waals surface area contributed by atoms with Crippen LogP contribution in [-0.2, 0) is 0 Å². The molecule has 3 aliphatic carbocycles. The minimum absolute atomic E-state index is 0.0688. The first kappa shape index (κ1) is 19.5. The standard InChI is InChI=1S/C22H30F3N/c1-4-11-20(2)16(14-22(23,24)25)5-7-17-18-8-6-15(10-13-26)21(18,3)12-9-19(17)20/h5,10,17-19H,4,6-9,11-12,14H2,1-3H3/b15-10-/t17-,18?,19?,20?,21+/m0/s1. The van der Waals surface area contributed by atoms with Crippen molar-refractivity contribution in [3.05, 3.63) is 23.3 Å². The largest absolute Gasteiger partial charge is 0.392 e. The van der Waals surface area contributed by atoms with Gasteiger partial charge in [-0.15, -0.1) is 0 Å². The molecule has 0 aliphatic heterocycles. The summed E-state index contributed by atoms with van der Waals surface area (Å²) in [6, 6.07) is 2.21. The van der Waals surface area contributed by atoms with Crippen LogP contribution in [0.1, 0.15) is 72.1 Å². The summed E-state index contributed by atoms with van der Waals surface area (Å²) in [6.45, 7) is 6.46. The fraction of sp³-hybridized carbons (Fsp3) is 0.773. The number of nitrogens with zero attached hydrogens (tertiary/aromatic N) is 1. The van der Waals surface area contributed by atoms with Crippen molar-refractivity contribution in [1.29, 1.82) is 5.26 Å². The summed E-state index contributed by atoms with van der Waals surface area (Å²) in [6.07, 6.45) is 5.34. The molecule has 0 amide bonds. The molecule has 3 aliphatic rings. The van der Waals surface area contributed by atoms with Crippen molar-refractivity contribution in [1.82, 2.24) is 0 Å². The SMILES string of the molecule is CCCC1(C)C(CC(F)(F)F)=CC[C@@H]2C1CC[C@]1(C)/C(=C\C#N)CCC21. The maximum absolute atomic E-state index is 13.2. The highest BCUT2D eigenvalue weighted by Gasteiger charge is 2.56. The van der Waals surface area contributed by atoms with Gasteiger partial charge in [-0.2, -0.15) is 18.4 Å². The Morgan fingerprint density at radius 2 is 2.00 bits per heavy atom. The number of alkyl halides is 3. The van der Waals surface area contributed by atoms with Gasteiger partial charge in [0.25, 0.3) is 0 Å².